The van der Waals surface area contributed by atoms with Crippen LogP contribution in [-0.4, -0.2) is 48.4 Å². The summed E-state index contributed by atoms with van der Waals surface area (Å²) in [5.74, 6) is -0.519. The first-order valence-corrected chi connectivity index (χ1v) is 11.2. The van der Waals surface area contributed by atoms with Crippen LogP contribution in [-0.2, 0) is 27.4 Å². The van der Waals surface area contributed by atoms with Crippen LogP contribution in [0.3, 0.4) is 0 Å². The van der Waals surface area contributed by atoms with Crippen molar-refractivity contribution in [2.45, 2.75) is 47.2 Å². The highest BCUT2D eigenvalue weighted by atomic mass is 32.1. The molecule has 0 spiro atoms. The number of amides is 2. The van der Waals surface area contributed by atoms with Gasteiger partial charge in [0.2, 0.25) is 11.8 Å². The van der Waals surface area contributed by atoms with Crippen LogP contribution < -0.4 is 0 Å². The average molecular weight is 449 g/mol. The number of rotatable bonds is 10. The molecule has 1 aromatic carbocycles. The van der Waals surface area contributed by atoms with E-state index >= 15 is 0 Å². The molecular formula is C24H33FN2O3S. The number of thiophene rings is 1. The van der Waals surface area contributed by atoms with Gasteiger partial charge in [-0.2, -0.15) is 0 Å². The molecule has 0 N–H and O–H groups in total. The molecule has 2 amide bonds. The molecule has 0 atom stereocenters. The molecule has 2 aromatic rings. The predicted molar refractivity (Wildman–Crippen MR) is 122 cm³/mol. The molecule has 2 rings (SSSR count). The summed E-state index contributed by atoms with van der Waals surface area (Å²) in [5.41, 5.74) is 0.667. The number of carbonyl (C=O) groups excluding carboxylic acids is 2. The summed E-state index contributed by atoms with van der Waals surface area (Å²) in [6.45, 7) is 9.54. The molecule has 0 aliphatic rings. The molecule has 0 saturated carbocycles. The lowest BCUT2D eigenvalue weighted by molar-refractivity contribution is -0.142. The summed E-state index contributed by atoms with van der Waals surface area (Å²) in [6, 6.07) is 10.2. The first-order valence-electron chi connectivity index (χ1n) is 10.4. The van der Waals surface area contributed by atoms with Gasteiger partial charge in [-0.05, 0) is 42.2 Å². The summed E-state index contributed by atoms with van der Waals surface area (Å²) in [4.78, 5) is 31.7. The van der Waals surface area contributed by atoms with Gasteiger partial charge in [0.25, 0.3) is 0 Å². The second-order valence-electron chi connectivity index (χ2n) is 8.93. The topological polar surface area (TPSA) is 49.9 Å². The number of carbonyl (C=O) groups is 2. The fourth-order valence-corrected chi connectivity index (χ4v) is 4.03. The van der Waals surface area contributed by atoms with Crippen LogP contribution in [0.15, 0.2) is 36.4 Å². The Labute approximate surface area is 188 Å². The molecule has 1 heterocycles. The molecule has 0 fully saturated rings. The van der Waals surface area contributed by atoms with Gasteiger partial charge < -0.3 is 14.5 Å². The lowest BCUT2D eigenvalue weighted by Crippen LogP contribution is -2.44. The molecule has 31 heavy (non-hydrogen) atoms. The molecule has 0 unspecified atom stereocenters. The molecular weight excluding hydrogens is 415 g/mol. The third-order valence-electron chi connectivity index (χ3n) is 4.71. The minimum absolute atomic E-state index is 0.0101. The second kappa shape index (κ2) is 11.4. The maximum Gasteiger partial charge on any atom is 0.242 e. The van der Waals surface area contributed by atoms with Gasteiger partial charge in [-0.3, -0.25) is 9.59 Å². The van der Waals surface area contributed by atoms with Crippen LogP contribution in [0, 0.1) is 18.2 Å². The lowest BCUT2D eigenvalue weighted by atomic mass is 9.91. The van der Waals surface area contributed by atoms with Crippen molar-refractivity contribution in [1.29, 1.82) is 0 Å². The fraction of sp³-hybridized carbons (Fsp3) is 0.500. The summed E-state index contributed by atoms with van der Waals surface area (Å²) in [5, 5.41) is 0. The molecule has 0 radical (unpaired) electrons. The summed E-state index contributed by atoms with van der Waals surface area (Å²) in [7, 11) is 1.58. The minimum Gasteiger partial charge on any atom is -0.383 e. The van der Waals surface area contributed by atoms with Gasteiger partial charge in [0, 0.05) is 36.4 Å². The van der Waals surface area contributed by atoms with E-state index in [0.29, 0.717) is 32.7 Å². The van der Waals surface area contributed by atoms with E-state index in [9.17, 15) is 14.0 Å². The third-order valence-corrected chi connectivity index (χ3v) is 5.69. The molecule has 0 aliphatic carbocycles. The monoisotopic (exact) mass is 448 g/mol. The number of nitrogens with zero attached hydrogens (tertiary/aromatic N) is 2. The van der Waals surface area contributed by atoms with Crippen molar-refractivity contribution in [2.75, 3.05) is 26.8 Å². The summed E-state index contributed by atoms with van der Waals surface area (Å²) < 4.78 is 18.5. The van der Waals surface area contributed by atoms with Crippen LogP contribution >= 0.6 is 11.3 Å². The normalized spacial score (nSPS) is 11.4. The first-order chi connectivity index (χ1) is 14.6. The molecule has 0 bridgehead atoms. The SMILES string of the molecule is COCCN(CC(=O)N(Cc1ccc(F)cc1)Cc1ccc(C)s1)C(=O)CC(C)(C)C. The van der Waals surface area contributed by atoms with E-state index in [1.165, 1.54) is 17.0 Å². The van der Waals surface area contributed by atoms with Gasteiger partial charge in [-0.15, -0.1) is 11.3 Å². The zero-order valence-corrected chi connectivity index (χ0v) is 19.9. The van der Waals surface area contributed by atoms with Gasteiger partial charge in [0.1, 0.15) is 5.82 Å². The highest BCUT2D eigenvalue weighted by Gasteiger charge is 2.25. The Balaban J connectivity index is 2.19. The zero-order chi connectivity index (χ0) is 23.0. The number of ether oxygens (including phenoxy) is 1. The summed E-state index contributed by atoms with van der Waals surface area (Å²) in [6.07, 6.45) is 0.353. The number of benzene rings is 1. The van der Waals surface area contributed by atoms with Crippen molar-refractivity contribution in [3.05, 3.63) is 57.5 Å². The average Bonchev–Trinajstić information content (AvgIpc) is 3.09. The van der Waals surface area contributed by atoms with Crippen molar-refractivity contribution in [3.8, 4) is 0 Å². The standard InChI is InChI=1S/C24H33FN2O3S/c1-18-6-11-21(31-18)16-27(15-19-7-9-20(25)10-8-19)23(29)17-26(12-13-30-5)22(28)14-24(2,3)4/h6-11H,12-17H2,1-5H3. The largest absolute Gasteiger partial charge is 0.383 e. The molecule has 170 valence electrons. The fourth-order valence-electron chi connectivity index (χ4n) is 3.12. The van der Waals surface area contributed by atoms with E-state index in [2.05, 4.69) is 0 Å². The predicted octanol–water partition coefficient (Wildman–Crippen LogP) is 4.64. The quantitative estimate of drug-likeness (QED) is 0.532. The number of halogens is 1. The van der Waals surface area contributed by atoms with E-state index in [4.69, 9.17) is 4.74 Å². The minimum atomic E-state index is -0.311. The Morgan fingerprint density at radius 2 is 1.68 bits per heavy atom. The Morgan fingerprint density at radius 3 is 2.23 bits per heavy atom. The van der Waals surface area contributed by atoms with Crippen molar-refractivity contribution >= 4 is 23.2 Å². The maximum absolute atomic E-state index is 13.3. The zero-order valence-electron chi connectivity index (χ0n) is 19.1. The number of hydrogen-bond acceptors (Lipinski definition) is 4. The number of methoxy groups -OCH3 is 1. The maximum atomic E-state index is 13.3. The molecule has 0 aliphatic heterocycles. The van der Waals surface area contributed by atoms with E-state index in [1.807, 2.05) is 39.8 Å². The molecule has 5 nitrogen and oxygen atoms in total. The van der Waals surface area contributed by atoms with Crippen molar-refractivity contribution in [3.63, 3.8) is 0 Å². The van der Waals surface area contributed by atoms with Gasteiger partial charge in [-0.25, -0.2) is 4.39 Å². The molecule has 1 aromatic heterocycles. The van der Waals surface area contributed by atoms with E-state index < -0.39 is 0 Å². The van der Waals surface area contributed by atoms with Crippen LogP contribution in [0.4, 0.5) is 4.39 Å². The van der Waals surface area contributed by atoms with Crippen LogP contribution in [0.2, 0.25) is 0 Å². The van der Waals surface area contributed by atoms with Gasteiger partial charge in [-0.1, -0.05) is 32.9 Å². The van der Waals surface area contributed by atoms with Gasteiger partial charge in [0.15, 0.2) is 0 Å². The number of hydrogen-bond donors (Lipinski definition) is 0. The third kappa shape index (κ3) is 8.79. The lowest BCUT2D eigenvalue weighted by Gasteiger charge is -2.29. The Morgan fingerprint density at radius 1 is 1.00 bits per heavy atom. The van der Waals surface area contributed by atoms with Crippen molar-refractivity contribution in [2.24, 2.45) is 5.41 Å². The molecule has 7 heteroatoms. The van der Waals surface area contributed by atoms with Gasteiger partial charge in [0.05, 0.1) is 19.7 Å². The Kier molecular flexibility index (Phi) is 9.19. The summed E-state index contributed by atoms with van der Waals surface area (Å²) >= 11 is 1.64. The number of aryl methyl sites for hydroxylation is 1. The second-order valence-corrected chi connectivity index (χ2v) is 10.3. The van der Waals surface area contributed by atoms with E-state index in [-0.39, 0.29) is 29.6 Å². The van der Waals surface area contributed by atoms with Crippen molar-refractivity contribution in [1.82, 2.24) is 9.80 Å². The smallest absolute Gasteiger partial charge is 0.242 e. The first kappa shape index (κ1) is 25.0. The van der Waals surface area contributed by atoms with Crippen LogP contribution in [0.1, 0.15) is 42.5 Å². The Hall–Kier alpha value is -2.25. The highest BCUT2D eigenvalue weighted by Crippen LogP contribution is 2.21. The van der Waals surface area contributed by atoms with Crippen LogP contribution in [0.25, 0.3) is 0 Å². The van der Waals surface area contributed by atoms with E-state index in [1.54, 1.807) is 40.4 Å². The van der Waals surface area contributed by atoms with E-state index in [0.717, 1.165) is 10.4 Å². The van der Waals surface area contributed by atoms with Gasteiger partial charge >= 0.3 is 0 Å². The van der Waals surface area contributed by atoms with Crippen LogP contribution in [0.5, 0.6) is 0 Å². The molecule has 0 saturated heterocycles. The highest BCUT2D eigenvalue weighted by molar-refractivity contribution is 7.11. The Bertz CT molecular complexity index is 858. The van der Waals surface area contributed by atoms with Crippen molar-refractivity contribution < 1.29 is 18.7 Å².